The summed E-state index contributed by atoms with van der Waals surface area (Å²) in [5.41, 5.74) is 2.89. The maximum absolute atomic E-state index is 3.45. The smallest absolute Gasteiger partial charge is 0.0175 e. The largest absolute Gasteiger partial charge is 0.316 e. The van der Waals surface area contributed by atoms with Gasteiger partial charge in [0, 0.05) is 4.47 Å². The summed E-state index contributed by atoms with van der Waals surface area (Å²) in [6, 6.07) is 8.52. The SMILES string of the molecule is Brc1ccc(/C=C2\CCCNCC2)cc1. The lowest BCUT2D eigenvalue weighted by Gasteiger charge is -2.02. The quantitative estimate of drug-likeness (QED) is 0.818. The van der Waals surface area contributed by atoms with Crippen molar-refractivity contribution >= 4 is 22.0 Å². The fourth-order valence-corrected chi connectivity index (χ4v) is 2.14. The highest BCUT2D eigenvalue weighted by atomic mass is 79.9. The first-order chi connectivity index (χ1) is 7.34. The minimum Gasteiger partial charge on any atom is -0.316 e. The highest BCUT2D eigenvalue weighted by Gasteiger charge is 2.03. The van der Waals surface area contributed by atoms with Crippen LogP contribution in [0, 0.1) is 0 Å². The van der Waals surface area contributed by atoms with Crippen molar-refractivity contribution in [2.45, 2.75) is 19.3 Å². The van der Waals surface area contributed by atoms with Crippen molar-refractivity contribution in [3.05, 3.63) is 39.9 Å². The third kappa shape index (κ3) is 3.47. The second-order valence-corrected chi connectivity index (χ2v) is 4.87. The Morgan fingerprint density at radius 1 is 1.07 bits per heavy atom. The summed E-state index contributed by atoms with van der Waals surface area (Å²) in [4.78, 5) is 0. The van der Waals surface area contributed by atoms with Gasteiger partial charge in [0.1, 0.15) is 0 Å². The number of benzene rings is 1. The van der Waals surface area contributed by atoms with Crippen molar-refractivity contribution in [1.29, 1.82) is 0 Å². The van der Waals surface area contributed by atoms with Gasteiger partial charge in [0.25, 0.3) is 0 Å². The van der Waals surface area contributed by atoms with E-state index in [-0.39, 0.29) is 0 Å². The van der Waals surface area contributed by atoms with Crippen molar-refractivity contribution < 1.29 is 0 Å². The van der Waals surface area contributed by atoms with Crippen LogP contribution >= 0.6 is 15.9 Å². The van der Waals surface area contributed by atoms with Gasteiger partial charge in [-0.05, 0) is 50.0 Å². The van der Waals surface area contributed by atoms with Gasteiger partial charge in [0.2, 0.25) is 0 Å². The summed E-state index contributed by atoms with van der Waals surface area (Å²) >= 11 is 3.45. The molecule has 15 heavy (non-hydrogen) atoms. The number of hydrogen-bond donors (Lipinski definition) is 1. The molecule has 0 bridgehead atoms. The Balaban J connectivity index is 2.10. The lowest BCUT2D eigenvalue weighted by Crippen LogP contribution is -2.13. The average molecular weight is 266 g/mol. The van der Waals surface area contributed by atoms with E-state index in [0.717, 1.165) is 17.6 Å². The molecule has 0 saturated carbocycles. The normalized spacial score (nSPS) is 20.2. The van der Waals surface area contributed by atoms with Crippen molar-refractivity contribution in [3.63, 3.8) is 0 Å². The van der Waals surface area contributed by atoms with E-state index in [2.05, 4.69) is 51.6 Å². The van der Waals surface area contributed by atoms with Gasteiger partial charge in [-0.25, -0.2) is 0 Å². The third-order valence-corrected chi connectivity index (χ3v) is 3.24. The molecule has 0 atom stereocenters. The van der Waals surface area contributed by atoms with Gasteiger partial charge in [-0.2, -0.15) is 0 Å². The van der Waals surface area contributed by atoms with Crippen LogP contribution in [0.5, 0.6) is 0 Å². The van der Waals surface area contributed by atoms with Gasteiger partial charge in [0.05, 0.1) is 0 Å². The summed E-state index contributed by atoms with van der Waals surface area (Å²) < 4.78 is 1.15. The molecular weight excluding hydrogens is 250 g/mol. The molecule has 1 fully saturated rings. The van der Waals surface area contributed by atoms with Crippen LogP contribution < -0.4 is 5.32 Å². The molecule has 1 heterocycles. The lowest BCUT2D eigenvalue weighted by atomic mass is 10.0. The molecule has 1 N–H and O–H groups in total. The van der Waals surface area contributed by atoms with E-state index in [1.54, 1.807) is 5.57 Å². The maximum Gasteiger partial charge on any atom is 0.0175 e. The predicted molar refractivity (Wildman–Crippen MR) is 68.8 cm³/mol. The molecule has 80 valence electrons. The fraction of sp³-hybridized carbons (Fsp3) is 0.385. The Kier molecular flexibility index (Phi) is 3.98. The monoisotopic (exact) mass is 265 g/mol. The zero-order valence-electron chi connectivity index (χ0n) is 8.80. The molecular formula is C13H16BrN. The van der Waals surface area contributed by atoms with Crippen LogP contribution in [-0.4, -0.2) is 13.1 Å². The van der Waals surface area contributed by atoms with Gasteiger partial charge in [-0.15, -0.1) is 0 Å². The highest BCUT2D eigenvalue weighted by Crippen LogP contribution is 2.18. The summed E-state index contributed by atoms with van der Waals surface area (Å²) in [5.74, 6) is 0. The minimum atomic E-state index is 1.13. The molecule has 0 amide bonds. The van der Waals surface area contributed by atoms with Crippen molar-refractivity contribution in [2.24, 2.45) is 0 Å². The van der Waals surface area contributed by atoms with Crippen LogP contribution in [0.2, 0.25) is 0 Å². The van der Waals surface area contributed by atoms with E-state index in [1.165, 1.54) is 24.8 Å². The van der Waals surface area contributed by atoms with E-state index >= 15 is 0 Å². The van der Waals surface area contributed by atoms with Crippen LogP contribution in [0.4, 0.5) is 0 Å². The molecule has 1 aromatic rings. The van der Waals surface area contributed by atoms with Crippen LogP contribution in [0.25, 0.3) is 6.08 Å². The molecule has 0 unspecified atom stereocenters. The topological polar surface area (TPSA) is 12.0 Å². The van der Waals surface area contributed by atoms with Gasteiger partial charge < -0.3 is 5.32 Å². The maximum atomic E-state index is 3.45. The molecule has 1 aromatic carbocycles. The predicted octanol–water partition coefficient (Wildman–Crippen LogP) is 3.61. The van der Waals surface area contributed by atoms with Crippen molar-refractivity contribution in [2.75, 3.05) is 13.1 Å². The minimum absolute atomic E-state index is 1.13. The summed E-state index contributed by atoms with van der Waals surface area (Å²) in [7, 11) is 0. The number of rotatable bonds is 1. The lowest BCUT2D eigenvalue weighted by molar-refractivity contribution is 0.703. The molecule has 1 nitrogen and oxygen atoms in total. The van der Waals surface area contributed by atoms with Crippen molar-refractivity contribution in [3.8, 4) is 0 Å². The van der Waals surface area contributed by atoms with E-state index in [1.807, 2.05) is 0 Å². The molecule has 0 radical (unpaired) electrons. The molecule has 1 aliphatic rings. The summed E-state index contributed by atoms with van der Waals surface area (Å²) in [5, 5.41) is 3.42. The third-order valence-electron chi connectivity index (χ3n) is 2.72. The molecule has 2 rings (SSSR count). The Bertz CT molecular complexity index is 330. The molecule has 0 aliphatic carbocycles. The molecule has 0 spiro atoms. The highest BCUT2D eigenvalue weighted by molar-refractivity contribution is 9.10. The van der Waals surface area contributed by atoms with E-state index < -0.39 is 0 Å². The van der Waals surface area contributed by atoms with E-state index in [0.29, 0.717) is 0 Å². The summed E-state index contributed by atoms with van der Waals surface area (Å²) in [6.07, 6.45) is 6.03. The Morgan fingerprint density at radius 2 is 1.87 bits per heavy atom. The van der Waals surface area contributed by atoms with Crippen LogP contribution in [-0.2, 0) is 0 Å². The van der Waals surface area contributed by atoms with Crippen molar-refractivity contribution in [1.82, 2.24) is 5.32 Å². The zero-order valence-corrected chi connectivity index (χ0v) is 10.4. The second kappa shape index (κ2) is 5.47. The van der Waals surface area contributed by atoms with Gasteiger partial charge in [-0.3, -0.25) is 0 Å². The molecule has 1 saturated heterocycles. The van der Waals surface area contributed by atoms with Crippen LogP contribution in [0.3, 0.4) is 0 Å². The zero-order chi connectivity index (χ0) is 10.5. The Morgan fingerprint density at radius 3 is 2.67 bits per heavy atom. The average Bonchev–Trinajstić information content (AvgIpc) is 2.50. The molecule has 1 aliphatic heterocycles. The van der Waals surface area contributed by atoms with Gasteiger partial charge in [0.15, 0.2) is 0 Å². The Hall–Kier alpha value is -0.600. The number of halogens is 1. The molecule has 0 aromatic heterocycles. The van der Waals surface area contributed by atoms with Crippen LogP contribution in [0.15, 0.2) is 34.3 Å². The number of hydrogen-bond acceptors (Lipinski definition) is 1. The Labute approximate surface area is 99.7 Å². The first-order valence-corrected chi connectivity index (χ1v) is 6.29. The number of nitrogens with one attached hydrogen (secondary N) is 1. The fourth-order valence-electron chi connectivity index (χ4n) is 1.88. The van der Waals surface area contributed by atoms with Gasteiger partial charge >= 0.3 is 0 Å². The second-order valence-electron chi connectivity index (χ2n) is 3.96. The van der Waals surface area contributed by atoms with E-state index in [4.69, 9.17) is 0 Å². The van der Waals surface area contributed by atoms with Gasteiger partial charge in [-0.1, -0.05) is 39.7 Å². The standard InChI is InChI=1S/C13H16BrN/c14-13-5-3-12(4-6-13)10-11-2-1-8-15-9-7-11/h3-6,10,15H,1-2,7-9H2/b11-10+. The molecule has 2 heteroatoms. The van der Waals surface area contributed by atoms with Crippen LogP contribution in [0.1, 0.15) is 24.8 Å². The van der Waals surface area contributed by atoms with E-state index in [9.17, 15) is 0 Å². The summed E-state index contributed by atoms with van der Waals surface area (Å²) in [6.45, 7) is 2.29. The first kappa shape index (κ1) is 10.9. The first-order valence-electron chi connectivity index (χ1n) is 5.50.